The van der Waals surface area contributed by atoms with Gasteiger partial charge in [0.1, 0.15) is 0 Å². The van der Waals surface area contributed by atoms with Crippen molar-refractivity contribution in [1.82, 2.24) is 0 Å². The van der Waals surface area contributed by atoms with Gasteiger partial charge in [-0.15, -0.1) is 10.2 Å². The molecule has 0 atom stereocenters. The largest absolute Gasteiger partial charge is 0.369 e. The van der Waals surface area contributed by atoms with E-state index < -0.39 is 0 Å². The Balaban J connectivity index is 2.94. The summed E-state index contributed by atoms with van der Waals surface area (Å²) in [6, 6.07) is 5.48. The van der Waals surface area contributed by atoms with E-state index in [4.69, 9.17) is 22.9 Å². The number of hydrogen-bond acceptors (Lipinski definition) is 4. The third kappa shape index (κ3) is 6.17. The fourth-order valence-electron chi connectivity index (χ4n) is 1.11. The minimum atomic E-state index is -0.110. The van der Waals surface area contributed by atoms with Gasteiger partial charge >= 0.3 is 0 Å². The molecular formula is C10H13BrN8. The van der Waals surface area contributed by atoms with E-state index in [1.807, 2.05) is 18.2 Å². The molecule has 19 heavy (non-hydrogen) atoms. The second-order valence-corrected chi connectivity index (χ2v) is 4.27. The van der Waals surface area contributed by atoms with Crippen molar-refractivity contribution in [1.29, 1.82) is 0 Å². The number of rotatable bonds is 4. The molecule has 0 unspecified atom stereocenters. The lowest BCUT2D eigenvalue weighted by molar-refractivity contribution is 1.21. The zero-order valence-electron chi connectivity index (χ0n) is 9.86. The molecule has 100 valence electrons. The van der Waals surface area contributed by atoms with E-state index in [2.05, 4.69) is 36.3 Å². The number of nitrogens with zero attached hydrogens (tertiary/aromatic N) is 4. The molecule has 0 aliphatic carbocycles. The van der Waals surface area contributed by atoms with Gasteiger partial charge in [0.15, 0.2) is 0 Å². The first-order valence-corrected chi connectivity index (χ1v) is 5.81. The third-order valence-electron chi connectivity index (χ3n) is 1.70. The minimum Gasteiger partial charge on any atom is -0.369 e. The van der Waals surface area contributed by atoms with E-state index in [9.17, 15) is 0 Å². The molecule has 0 heterocycles. The number of halogens is 1. The Kier molecular flexibility index (Phi) is 5.48. The van der Waals surface area contributed by atoms with Gasteiger partial charge in [-0.25, -0.2) is 0 Å². The van der Waals surface area contributed by atoms with Crippen LogP contribution < -0.4 is 22.9 Å². The lowest BCUT2D eigenvalue weighted by Crippen LogP contribution is -2.21. The van der Waals surface area contributed by atoms with Crippen molar-refractivity contribution in [2.24, 2.45) is 43.3 Å². The molecule has 0 aromatic heterocycles. The number of hydrogen-bond donors (Lipinski definition) is 4. The second-order valence-electron chi connectivity index (χ2n) is 3.36. The molecule has 9 heteroatoms. The molecule has 1 aromatic rings. The Morgan fingerprint density at radius 3 is 1.63 bits per heavy atom. The van der Waals surface area contributed by atoms with Crippen molar-refractivity contribution in [3.8, 4) is 0 Å². The third-order valence-corrected chi connectivity index (χ3v) is 2.16. The second kappa shape index (κ2) is 7.11. The SMILES string of the molecule is NC(N)=NN=Cc1cc(Br)cc(C=NN=C(N)N)c1. The molecule has 1 rings (SSSR count). The smallest absolute Gasteiger partial charge is 0.211 e. The first kappa shape index (κ1) is 14.6. The maximum atomic E-state index is 5.16. The summed E-state index contributed by atoms with van der Waals surface area (Å²) in [6.45, 7) is 0. The highest BCUT2D eigenvalue weighted by Gasteiger charge is 1.96. The monoisotopic (exact) mass is 324 g/mol. The van der Waals surface area contributed by atoms with Crippen LogP contribution in [0.4, 0.5) is 0 Å². The molecular weight excluding hydrogens is 312 g/mol. The van der Waals surface area contributed by atoms with Gasteiger partial charge in [0.05, 0.1) is 12.4 Å². The molecule has 0 aliphatic heterocycles. The standard InChI is InChI=1S/C10H13BrN8/c11-8-2-6(4-16-18-9(12)13)1-7(3-8)5-17-19-10(14)15/h1-5H,(H4,12,13,18)(H4,14,15,19). The summed E-state index contributed by atoms with van der Waals surface area (Å²) in [6.07, 6.45) is 3.00. The van der Waals surface area contributed by atoms with Crippen molar-refractivity contribution < 1.29 is 0 Å². The fourth-order valence-corrected chi connectivity index (χ4v) is 1.64. The van der Waals surface area contributed by atoms with E-state index in [0.717, 1.165) is 15.6 Å². The summed E-state index contributed by atoms with van der Waals surface area (Å²) in [5.74, 6) is -0.221. The summed E-state index contributed by atoms with van der Waals surface area (Å²) in [5.41, 5.74) is 22.2. The molecule has 0 fully saturated rings. The number of nitrogens with two attached hydrogens (primary N) is 4. The number of guanidine groups is 2. The molecule has 0 bridgehead atoms. The average molecular weight is 325 g/mol. The molecule has 8 N–H and O–H groups in total. The maximum absolute atomic E-state index is 5.16. The molecule has 0 aliphatic rings. The van der Waals surface area contributed by atoms with Crippen molar-refractivity contribution in [2.75, 3.05) is 0 Å². The predicted molar refractivity (Wildman–Crippen MR) is 80.9 cm³/mol. The van der Waals surface area contributed by atoms with Crippen LogP contribution in [0.15, 0.2) is 43.1 Å². The quantitative estimate of drug-likeness (QED) is 0.340. The highest BCUT2D eigenvalue weighted by molar-refractivity contribution is 9.10. The van der Waals surface area contributed by atoms with Crippen molar-refractivity contribution >= 4 is 40.3 Å². The zero-order valence-corrected chi connectivity index (χ0v) is 11.4. The summed E-state index contributed by atoms with van der Waals surface area (Å²) in [5, 5.41) is 14.4. The van der Waals surface area contributed by atoms with Crippen LogP contribution in [-0.2, 0) is 0 Å². The molecule has 0 saturated heterocycles. The van der Waals surface area contributed by atoms with Crippen molar-refractivity contribution in [2.45, 2.75) is 0 Å². The van der Waals surface area contributed by atoms with Crippen LogP contribution in [0, 0.1) is 0 Å². The summed E-state index contributed by atoms with van der Waals surface area (Å²) >= 11 is 3.36. The van der Waals surface area contributed by atoms with E-state index in [1.165, 1.54) is 12.4 Å². The molecule has 8 nitrogen and oxygen atoms in total. The van der Waals surface area contributed by atoms with Crippen LogP contribution in [0.2, 0.25) is 0 Å². The van der Waals surface area contributed by atoms with Crippen LogP contribution in [-0.4, -0.2) is 24.3 Å². The van der Waals surface area contributed by atoms with Gasteiger partial charge in [0, 0.05) is 4.47 Å². The van der Waals surface area contributed by atoms with Gasteiger partial charge in [0.2, 0.25) is 11.9 Å². The highest BCUT2D eigenvalue weighted by Crippen LogP contribution is 2.13. The Morgan fingerprint density at radius 2 is 1.26 bits per heavy atom. The Bertz CT molecular complexity index is 506. The van der Waals surface area contributed by atoms with Crippen LogP contribution in [0.3, 0.4) is 0 Å². The van der Waals surface area contributed by atoms with Gasteiger partial charge in [-0.2, -0.15) is 10.2 Å². The molecule has 0 spiro atoms. The van der Waals surface area contributed by atoms with Gasteiger partial charge in [0.25, 0.3) is 0 Å². The zero-order chi connectivity index (χ0) is 14.3. The number of benzene rings is 1. The van der Waals surface area contributed by atoms with Crippen LogP contribution in [0.25, 0.3) is 0 Å². The van der Waals surface area contributed by atoms with Gasteiger partial charge < -0.3 is 22.9 Å². The minimum absolute atomic E-state index is 0.110. The Morgan fingerprint density at radius 1 is 0.842 bits per heavy atom. The lowest BCUT2D eigenvalue weighted by atomic mass is 10.1. The molecule has 0 radical (unpaired) electrons. The molecule has 0 saturated carbocycles. The van der Waals surface area contributed by atoms with E-state index >= 15 is 0 Å². The summed E-state index contributed by atoms with van der Waals surface area (Å²) < 4.78 is 0.840. The van der Waals surface area contributed by atoms with E-state index in [1.54, 1.807) is 0 Å². The normalized spacial score (nSPS) is 10.8. The van der Waals surface area contributed by atoms with Gasteiger partial charge in [-0.05, 0) is 29.3 Å². The van der Waals surface area contributed by atoms with Crippen molar-refractivity contribution in [3.63, 3.8) is 0 Å². The van der Waals surface area contributed by atoms with Gasteiger partial charge in [-0.1, -0.05) is 15.9 Å². The summed E-state index contributed by atoms with van der Waals surface area (Å²) in [7, 11) is 0. The van der Waals surface area contributed by atoms with E-state index in [-0.39, 0.29) is 11.9 Å². The topological polar surface area (TPSA) is 154 Å². The van der Waals surface area contributed by atoms with E-state index in [0.29, 0.717) is 0 Å². The Labute approximate surface area is 118 Å². The highest BCUT2D eigenvalue weighted by atomic mass is 79.9. The lowest BCUT2D eigenvalue weighted by Gasteiger charge is -1.98. The molecule has 0 amide bonds. The first-order chi connectivity index (χ1) is 8.97. The fraction of sp³-hybridized carbons (Fsp3) is 0. The van der Waals surface area contributed by atoms with Crippen molar-refractivity contribution in [3.05, 3.63) is 33.8 Å². The first-order valence-electron chi connectivity index (χ1n) is 5.02. The average Bonchev–Trinajstić information content (AvgIpc) is 2.27. The predicted octanol–water partition coefficient (Wildman–Crippen LogP) is -0.336. The summed E-state index contributed by atoms with van der Waals surface area (Å²) in [4.78, 5) is 0. The Hall–Kier alpha value is -2.42. The van der Waals surface area contributed by atoms with Crippen LogP contribution in [0.5, 0.6) is 0 Å². The van der Waals surface area contributed by atoms with Crippen LogP contribution >= 0.6 is 15.9 Å². The molecule has 1 aromatic carbocycles. The van der Waals surface area contributed by atoms with Crippen LogP contribution in [0.1, 0.15) is 11.1 Å². The maximum Gasteiger partial charge on any atom is 0.211 e. The van der Waals surface area contributed by atoms with Gasteiger partial charge in [-0.3, -0.25) is 0 Å².